The number of hydrogen-bond donors (Lipinski definition) is 0. The van der Waals surface area contributed by atoms with Gasteiger partial charge in [0.05, 0.1) is 0 Å². The van der Waals surface area contributed by atoms with Crippen molar-refractivity contribution in [1.82, 2.24) is 0 Å². The Balaban J connectivity index is 4.02. The molecule has 79 valence electrons. The molecule has 1 atom stereocenters. The van der Waals surface area contributed by atoms with Gasteiger partial charge in [0.2, 0.25) is 0 Å². The zero-order chi connectivity index (χ0) is 10.7. The van der Waals surface area contributed by atoms with Gasteiger partial charge in [-0.1, -0.05) is 0 Å². The number of alkyl halides is 6. The van der Waals surface area contributed by atoms with Crippen LogP contribution < -0.4 is 0 Å². The standard InChI is InChI=1S/C4H3F6O3/c5-3(6,7)1-12-2(13-11)4(8,9)10/h2H,1H2. The van der Waals surface area contributed by atoms with Crippen LogP contribution in [0.15, 0.2) is 0 Å². The highest BCUT2D eigenvalue weighted by Gasteiger charge is 2.45. The molecule has 0 saturated carbocycles. The number of hydrogen-bond acceptors (Lipinski definition) is 2. The lowest BCUT2D eigenvalue weighted by molar-refractivity contribution is -0.454. The first-order chi connectivity index (χ1) is 5.67. The van der Waals surface area contributed by atoms with Crippen LogP contribution in [0, 0.1) is 0 Å². The molecule has 1 unspecified atom stereocenters. The van der Waals surface area contributed by atoms with E-state index in [-0.39, 0.29) is 0 Å². The lowest BCUT2D eigenvalue weighted by Gasteiger charge is -2.16. The third kappa shape index (κ3) is 5.66. The average Bonchev–Trinajstić information content (AvgIpc) is 1.82. The molecular formula is C4H3F6O3. The van der Waals surface area contributed by atoms with E-state index in [2.05, 4.69) is 9.62 Å². The van der Waals surface area contributed by atoms with Crippen molar-refractivity contribution < 1.29 is 41.2 Å². The van der Waals surface area contributed by atoms with Crippen molar-refractivity contribution in [3.05, 3.63) is 0 Å². The van der Waals surface area contributed by atoms with Crippen molar-refractivity contribution in [1.29, 1.82) is 0 Å². The molecule has 0 fully saturated rings. The van der Waals surface area contributed by atoms with E-state index in [9.17, 15) is 31.6 Å². The van der Waals surface area contributed by atoms with Gasteiger partial charge < -0.3 is 4.74 Å². The van der Waals surface area contributed by atoms with Crippen LogP contribution in [-0.2, 0) is 14.9 Å². The summed E-state index contributed by atoms with van der Waals surface area (Å²) in [6, 6.07) is 0. The Kier molecular flexibility index (Phi) is 3.94. The number of halogens is 6. The van der Waals surface area contributed by atoms with Crippen molar-refractivity contribution in [2.24, 2.45) is 0 Å². The van der Waals surface area contributed by atoms with Gasteiger partial charge in [0.15, 0.2) is 0 Å². The fourth-order valence-corrected chi connectivity index (χ4v) is 0.347. The molecule has 0 aromatic rings. The maximum absolute atomic E-state index is 11.5. The summed E-state index contributed by atoms with van der Waals surface area (Å²) in [6.07, 6.45) is -13.6. The largest absolute Gasteiger partial charge is 0.443 e. The molecule has 0 bridgehead atoms. The number of ether oxygens (including phenoxy) is 1. The van der Waals surface area contributed by atoms with Crippen LogP contribution in [0.3, 0.4) is 0 Å². The molecule has 0 aromatic heterocycles. The van der Waals surface area contributed by atoms with Crippen LogP contribution in [0.25, 0.3) is 0 Å². The first-order valence-corrected chi connectivity index (χ1v) is 2.70. The Bertz CT molecular complexity index is 151. The quantitative estimate of drug-likeness (QED) is 0.310. The topological polar surface area (TPSA) is 38.4 Å². The molecule has 9 heteroatoms. The highest BCUT2D eigenvalue weighted by molar-refractivity contribution is 4.56. The van der Waals surface area contributed by atoms with Crippen LogP contribution >= 0.6 is 0 Å². The third-order valence-corrected chi connectivity index (χ3v) is 0.753. The van der Waals surface area contributed by atoms with Gasteiger partial charge in [0.25, 0.3) is 6.29 Å². The van der Waals surface area contributed by atoms with Gasteiger partial charge in [-0.15, -0.1) is 0 Å². The maximum Gasteiger partial charge on any atom is 0.443 e. The summed E-state index contributed by atoms with van der Waals surface area (Å²) in [5.74, 6) is 0. The Morgan fingerprint density at radius 3 is 1.77 bits per heavy atom. The monoisotopic (exact) mass is 213 g/mol. The van der Waals surface area contributed by atoms with E-state index in [1.807, 2.05) is 0 Å². The lowest BCUT2D eigenvalue weighted by Crippen LogP contribution is -2.36. The molecule has 0 saturated heterocycles. The minimum atomic E-state index is -5.27. The fourth-order valence-electron chi connectivity index (χ4n) is 0.347. The first kappa shape index (κ1) is 12.5. The third-order valence-electron chi connectivity index (χ3n) is 0.753. The summed E-state index contributed by atoms with van der Waals surface area (Å²) in [5.41, 5.74) is 0. The van der Waals surface area contributed by atoms with E-state index in [1.165, 1.54) is 0 Å². The number of rotatable bonds is 3. The smallest absolute Gasteiger partial charge is 0.333 e. The van der Waals surface area contributed by atoms with Crippen molar-refractivity contribution in [3.8, 4) is 0 Å². The van der Waals surface area contributed by atoms with E-state index in [4.69, 9.17) is 0 Å². The Labute approximate surface area is 67.8 Å². The summed E-state index contributed by atoms with van der Waals surface area (Å²) in [7, 11) is 0. The van der Waals surface area contributed by atoms with Gasteiger partial charge in [-0.25, -0.2) is 0 Å². The van der Waals surface area contributed by atoms with Gasteiger partial charge in [-0.05, 0) is 5.26 Å². The van der Waals surface area contributed by atoms with Crippen LogP contribution in [0.4, 0.5) is 26.3 Å². The van der Waals surface area contributed by atoms with Crippen molar-refractivity contribution in [3.63, 3.8) is 0 Å². The molecule has 0 aliphatic heterocycles. The molecular weight excluding hydrogens is 210 g/mol. The molecule has 1 radical (unpaired) electrons. The van der Waals surface area contributed by atoms with E-state index in [1.54, 1.807) is 0 Å². The molecule has 0 N–H and O–H groups in total. The summed E-state index contributed by atoms with van der Waals surface area (Å²) in [5, 5.41) is 9.28. The predicted octanol–water partition coefficient (Wildman–Crippen LogP) is 1.82. The first-order valence-electron chi connectivity index (χ1n) is 2.70. The van der Waals surface area contributed by atoms with Crippen molar-refractivity contribution >= 4 is 0 Å². The van der Waals surface area contributed by atoms with Gasteiger partial charge in [-0.2, -0.15) is 31.2 Å². The van der Waals surface area contributed by atoms with Crippen LogP contribution in [-0.4, -0.2) is 25.2 Å². The Morgan fingerprint density at radius 2 is 1.54 bits per heavy atom. The molecule has 0 amide bonds. The minimum Gasteiger partial charge on any atom is -0.333 e. The van der Waals surface area contributed by atoms with Gasteiger partial charge in [0.1, 0.15) is 6.61 Å². The highest BCUT2D eigenvalue weighted by atomic mass is 19.4. The van der Waals surface area contributed by atoms with E-state index < -0.39 is 25.2 Å². The molecule has 0 rings (SSSR count). The van der Waals surface area contributed by atoms with Gasteiger partial charge >= 0.3 is 12.4 Å². The van der Waals surface area contributed by atoms with Crippen molar-refractivity contribution in [2.75, 3.05) is 6.61 Å². The molecule has 0 spiro atoms. The molecule has 0 aromatic carbocycles. The summed E-state index contributed by atoms with van der Waals surface area (Å²) < 4.78 is 71.4. The highest BCUT2D eigenvalue weighted by Crippen LogP contribution is 2.25. The average molecular weight is 213 g/mol. The second-order valence-electron chi connectivity index (χ2n) is 1.90. The predicted molar refractivity (Wildman–Crippen MR) is 23.6 cm³/mol. The SMILES string of the molecule is [O]OC(OCC(F)(F)F)C(F)(F)F. The summed E-state index contributed by atoms with van der Waals surface area (Å²) >= 11 is 0. The summed E-state index contributed by atoms with van der Waals surface area (Å²) in [4.78, 5) is 2.41. The van der Waals surface area contributed by atoms with Gasteiger partial charge in [-0.3, -0.25) is 0 Å². The van der Waals surface area contributed by atoms with E-state index in [0.717, 1.165) is 0 Å². The fraction of sp³-hybridized carbons (Fsp3) is 1.00. The molecule has 0 aliphatic rings. The maximum atomic E-state index is 11.5. The molecule has 13 heavy (non-hydrogen) atoms. The lowest BCUT2D eigenvalue weighted by atomic mass is 10.6. The molecule has 0 aliphatic carbocycles. The van der Waals surface area contributed by atoms with Crippen molar-refractivity contribution in [2.45, 2.75) is 18.6 Å². The van der Waals surface area contributed by atoms with Crippen LogP contribution in [0.5, 0.6) is 0 Å². The summed E-state index contributed by atoms with van der Waals surface area (Å²) in [6.45, 7) is -2.20. The Morgan fingerprint density at radius 1 is 1.08 bits per heavy atom. The van der Waals surface area contributed by atoms with Gasteiger partial charge in [0, 0.05) is 0 Å². The van der Waals surface area contributed by atoms with E-state index >= 15 is 0 Å². The molecule has 0 heterocycles. The molecule has 3 nitrogen and oxygen atoms in total. The minimum absolute atomic E-state index is 2.20. The normalized spacial score (nSPS) is 15.9. The second kappa shape index (κ2) is 4.11. The van der Waals surface area contributed by atoms with Crippen LogP contribution in [0.1, 0.15) is 0 Å². The Hall–Kier alpha value is -0.540. The van der Waals surface area contributed by atoms with E-state index in [0.29, 0.717) is 0 Å². The second-order valence-corrected chi connectivity index (χ2v) is 1.90. The zero-order valence-electron chi connectivity index (χ0n) is 5.78. The van der Waals surface area contributed by atoms with Crippen LogP contribution in [0.2, 0.25) is 0 Å². The zero-order valence-corrected chi connectivity index (χ0v) is 5.78.